The van der Waals surface area contributed by atoms with Gasteiger partial charge in [-0.1, -0.05) is 12.2 Å². The fraction of sp³-hybridized carbons (Fsp3) is 0.250. The van der Waals surface area contributed by atoms with Crippen molar-refractivity contribution in [1.29, 1.82) is 5.26 Å². The van der Waals surface area contributed by atoms with Crippen LogP contribution in [0.3, 0.4) is 0 Å². The molecule has 1 aromatic carbocycles. The van der Waals surface area contributed by atoms with Crippen LogP contribution in [-0.4, -0.2) is 37.1 Å². The number of pyridine rings is 1. The number of rotatable bonds is 6. The minimum Gasteiger partial charge on any atom is -0.492 e. The highest BCUT2D eigenvalue weighted by Crippen LogP contribution is 2.26. The summed E-state index contributed by atoms with van der Waals surface area (Å²) in [5.41, 5.74) is 0.323. The van der Waals surface area contributed by atoms with Crippen molar-refractivity contribution in [1.82, 2.24) is 9.88 Å². The first-order chi connectivity index (χ1) is 10.6. The average Bonchev–Trinajstić information content (AvgIpc) is 2.49. The van der Waals surface area contributed by atoms with Crippen LogP contribution in [0.5, 0.6) is 17.2 Å². The molecule has 0 radical (unpaired) electrons. The zero-order valence-electron chi connectivity index (χ0n) is 12.5. The Morgan fingerprint density at radius 2 is 1.86 bits per heavy atom. The van der Waals surface area contributed by atoms with Gasteiger partial charge in [0, 0.05) is 12.7 Å². The fourth-order valence-corrected chi connectivity index (χ4v) is 1.94. The van der Waals surface area contributed by atoms with Crippen LogP contribution in [0.15, 0.2) is 36.5 Å². The number of nitrogens with zero attached hydrogens (tertiary/aromatic N) is 2. The molecule has 0 unspecified atom stereocenters. The van der Waals surface area contributed by atoms with Crippen molar-refractivity contribution in [2.24, 2.45) is 0 Å². The van der Waals surface area contributed by atoms with E-state index in [9.17, 15) is 0 Å². The summed E-state index contributed by atoms with van der Waals surface area (Å²) >= 11 is 5.06. The van der Waals surface area contributed by atoms with Crippen LogP contribution < -0.4 is 9.47 Å². The Bertz CT molecular complexity index is 717. The number of hydrogen-bond acceptors (Lipinski definition) is 5. The summed E-state index contributed by atoms with van der Waals surface area (Å²) < 4.78 is 11.7. The Hall–Kier alpha value is -2.36. The Morgan fingerprint density at radius 1 is 1.18 bits per heavy atom. The topological polar surface area (TPSA) is 61.3 Å². The molecule has 0 fully saturated rings. The number of hydrogen-bond donors (Lipinski definition) is 1. The van der Waals surface area contributed by atoms with Gasteiger partial charge in [-0.25, -0.2) is 0 Å². The van der Waals surface area contributed by atoms with Crippen molar-refractivity contribution in [3.8, 4) is 23.3 Å². The Morgan fingerprint density at radius 3 is 2.50 bits per heavy atom. The predicted octanol–water partition coefficient (Wildman–Crippen LogP) is 3.35. The lowest BCUT2D eigenvalue weighted by Gasteiger charge is -2.11. The second-order valence-electron chi connectivity index (χ2n) is 4.88. The number of H-pyrrole nitrogens is 1. The number of benzene rings is 1. The van der Waals surface area contributed by atoms with E-state index in [1.165, 1.54) is 0 Å². The molecule has 0 aliphatic heterocycles. The lowest BCUT2D eigenvalue weighted by molar-refractivity contribution is 0.261. The van der Waals surface area contributed by atoms with Gasteiger partial charge in [0.25, 0.3) is 0 Å². The molecule has 0 aliphatic rings. The highest BCUT2D eigenvalue weighted by atomic mass is 32.1. The third-order valence-electron chi connectivity index (χ3n) is 2.89. The number of aromatic amines is 1. The molecule has 0 spiro atoms. The molecule has 1 heterocycles. The van der Waals surface area contributed by atoms with E-state index in [0.717, 1.165) is 12.3 Å². The Labute approximate surface area is 134 Å². The first-order valence-electron chi connectivity index (χ1n) is 6.77. The monoisotopic (exact) mass is 315 g/mol. The van der Waals surface area contributed by atoms with Crippen molar-refractivity contribution in [3.63, 3.8) is 0 Å². The van der Waals surface area contributed by atoms with Gasteiger partial charge in [0.1, 0.15) is 40.1 Å². The maximum absolute atomic E-state index is 9.12. The summed E-state index contributed by atoms with van der Waals surface area (Å²) in [4.78, 5) is 4.86. The quantitative estimate of drug-likeness (QED) is 0.828. The molecule has 0 saturated carbocycles. The van der Waals surface area contributed by atoms with Crippen molar-refractivity contribution in [2.45, 2.75) is 0 Å². The summed E-state index contributed by atoms with van der Waals surface area (Å²) in [6, 6.07) is 11.0. The fourth-order valence-electron chi connectivity index (χ4n) is 1.73. The van der Waals surface area contributed by atoms with E-state index in [4.69, 9.17) is 27.0 Å². The molecule has 0 amide bonds. The normalized spacial score (nSPS) is 10.3. The van der Waals surface area contributed by atoms with Crippen LogP contribution in [0.1, 0.15) is 5.56 Å². The van der Waals surface area contributed by atoms with Gasteiger partial charge in [-0.05, 0) is 44.4 Å². The molecule has 114 valence electrons. The largest absolute Gasteiger partial charge is 0.492 e. The van der Waals surface area contributed by atoms with Crippen LogP contribution in [0.4, 0.5) is 0 Å². The van der Waals surface area contributed by atoms with Gasteiger partial charge in [0.05, 0.1) is 0 Å². The van der Waals surface area contributed by atoms with Crippen LogP contribution in [-0.2, 0) is 0 Å². The molecule has 1 N–H and O–H groups in total. The SMILES string of the molecule is CN(C)CCOc1ccc(Oc2cc[nH]c(=S)c2C#N)cc1. The molecule has 5 nitrogen and oxygen atoms in total. The predicted molar refractivity (Wildman–Crippen MR) is 86.9 cm³/mol. The van der Waals surface area contributed by atoms with Crippen molar-refractivity contribution in [3.05, 3.63) is 46.7 Å². The van der Waals surface area contributed by atoms with Crippen molar-refractivity contribution < 1.29 is 9.47 Å². The van der Waals surface area contributed by atoms with Gasteiger partial charge in [-0.3, -0.25) is 0 Å². The minimum absolute atomic E-state index is 0.323. The summed E-state index contributed by atoms with van der Waals surface area (Å²) in [6.07, 6.45) is 1.65. The summed E-state index contributed by atoms with van der Waals surface area (Å²) in [7, 11) is 4.00. The minimum atomic E-state index is 0.323. The van der Waals surface area contributed by atoms with Gasteiger partial charge >= 0.3 is 0 Å². The molecule has 6 heteroatoms. The Kier molecular flexibility index (Phi) is 5.53. The summed E-state index contributed by atoms with van der Waals surface area (Å²) in [5, 5.41) is 9.12. The number of aromatic nitrogens is 1. The van der Waals surface area contributed by atoms with Gasteiger partial charge in [0.2, 0.25) is 0 Å². The van der Waals surface area contributed by atoms with E-state index < -0.39 is 0 Å². The second kappa shape index (κ2) is 7.59. The van der Waals surface area contributed by atoms with E-state index in [0.29, 0.717) is 28.3 Å². The summed E-state index contributed by atoms with van der Waals surface area (Å²) in [5.74, 6) is 1.84. The van der Waals surface area contributed by atoms with Gasteiger partial charge in [-0.15, -0.1) is 0 Å². The van der Waals surface area contributed by atoms with Gasteiger partial charge < -0.3 is 19.4 Å². The van der Waals surface area contributed by atoms with Crippen molar-refractivity contribution in [2.75, 3.05) is 27.2 Å². The highest BCUT2D eigenvalue weighted by molar-refractivity contribution is 7.71. The van der Waals surface area contributed by atoms with Crippen LogP contribution in [0.2, 0.25) is 0 Å². The molecular weight excluding hydrogens is 298 g/mol. The first-order valence-corrected chi connectivity index (χ1v) is 7.18. The standard InChI is InChI=1S/C16H17N3O2S/c1-19(2)9-10-20-12-3-5-13(6-4-12)21-15-7-8-18-16(22)14(15)11-17/h3-8H,9-10H2,1-2H3,(H,18,22). The molecule has 2 rings (SSSR count). The van der Waals surface area contributed by atoms with Crippen molar-refractivity contribution >= 4 is 12.2 Å². The smallest absolute Gasteiger partial charge is 0.149 e. The van der Waals surface area contributed by atoms with Gasteiger partial charge in [0.15, 0.2) is 0 Å². The molecule has 0 atom stereocenters. The third-order valence-corrected chi connectivity index (χ3v) is 3.22. The van der Waals surface area contributed by atoms with Crippen LogP contribution in [0.25, 0.3) is 0 Å². The zero-order chi connectivity index (χ0) is 15.9. The van der Waals surface area contributed by atoms with Gasteiger partial charge in [-0.2, -0.15) is 5.26 Å². The van der Waals surface area contributed by atoms with Crippen LogP contribution >= 0.6 is 12.2 Å². The lowest BCUT2D eigenvalue weighted by atomic mass is 10.3. The van der Waals surface area contributed by atoms with E-state index >= 15 is 0 Å². The molecular formula is C16H17N3O2S. The van der Waals surface area contributed by atoms with E-state index in [1.54, 1.807) is 24.4 Å². The maximum Gasteiger partial charge on any atom is 0.149 e. The molecule has 0 aliphatic carbocycles. The molecule has 2 aromatic rings. The number of nitriles is 1. The highest BCUT2D eigenvalue weighted by Gasteiger charge is 2.06. The third kappa shape index (κ3) is 4.32. The lowest BCUT2D eigenvalue weighted by Crippen LogP contribution is -2.19. The molecule has 0 saturated heterocycles. The van der Waals surface area contributed by atoms with Crippen LogP contribution in [0, 0.1) is 16.0 Å². The number of likely N-dealkylation sites (N-methyl/N-ethyl adjacent to an activating group) is 1. The maximum atomic E-state index is 9.12. The van der Waals surface area contributed by atoms with E-state index in [-0.39, 0.29) is 0 Å². The van der Waals surface area contributed by atoms with E-state index in [1.807, 2.05) is 32.3 Å². The summed E-state index contributed by atoms with van der Waals surface area (Å²) in [6.45, 7) is 1.48. The number of nitrogens with one attached hydrogen (secondary N) is 1. The molecule has 22 heavy (non-hydrogen) atoms. The van der Waals surface area contributed by atoms with E-state index in [2.05, 4.69) is 9.88 Å². The Balaban J connectivity index is 2.05. The zero-order valence-corrected chi connectivity index (χ0v) is 13.3. The first kappa shape index (κ1) is 16.0. The molecule has 1 aromatic heterocycles. The average molecular weight is 315 g/mol. The second-order valence-corrected chi connectivity index (χ2v) is 5.29. The molecule has 0 bridgehead atoms. The number of ether oxygens (including phenoxy) is 2.